The molecule has 0 unspecified atom stereocenters. The minimum absolute atomic E-state index is 0.470. The molecule has 0 fully saturated rings. The normalized spacial score (nSPS) is 10.1. The van der Waals surface area contributed by atoms with Crippen LogP contribution < -0.4 is 10.5 Å². The maximum atomic E-state index is 5.58. The van der Waals surface area contributed by atoms with Crippen molar-refractivity contribution < 1.29 is 4.74 Å². The number of aryl methyl sites for hydroxylation is 1. The van der Waals surface area contributed by atoms with Gasteiger partial charge in [-0.2, -0.15) is 5.10 Å². The maximum Gasteiger partial charge on any atom is 0.221 e. The Morgan fingerprint density at radius 2 is 2.36 bits per heavy atom. The molecule has 0 amide bonds. The number of rotatable bonds is 2. The summed E-state index contributed by atoms with van der Waals surface area (Å²) in [6.07, 6.45) is 4.97. The fourth-order valence-electron chi connectivity index (χ4n) is 1.05. The van der Waals surface area contributed by atoms with Crippen LogP contribution in [0.3, 0.4) is 0 Å². The second kappa shape index (κ2) is 3.37. The molecular weight excluding hydrogens is 180 g/mol. The molecule has 0 aliphatic rings. The Labute approximate surface area is 81.1 Å². The first kappa shape index (κ1) is 8.55. The summed E-state index contributed by atoms with van der Waals surface area (Å²) >= 11 is 0. The van der Waals surface area contributed by atoms with Crippen molar-refractivity contribution in [2.75, 3.05) is 5.73 Å². The van der Waals surface area contributed by atoms with E-state index < -0.39 is 0 Å². The van der Waals surface area contributed by atoms with E-state index in [-0.39, 0.29) is 0 Å². The summed E-state index contributed by atoms with van der Waals surface area (Å²) in [4.78, 5) is 4.00. The van der Waals surface area contributed by atoms with Crippen LogP contribution >= 0.6 is 0 Å². The number of anilines is 1. The standard InChI is InChI=1S/C9H10N4O/c1-13-6-8(5-12-13)14-9-4-7(10)2-3-11-9/h2-6H,1H3,(H2,10,11). The summed E-state index contributed by atoms with van der Waals surface area (Å²) in [5, 5.41) is 3.97. The summed E-state index contributed by atoms with van der Waals surface area (Å²) < 4.78 is 7.06. The molecule has 2 rings (SSSR count). The zero-order chi connectivity index (χ0) is 9.97. The van der Waals surface area contributed by atoms with Gasteiger partial charge in [0.25, 0.3) is 0 Å². The fraction of sp³-hybridized carbons (Fsp3) is 0.111. The van der Waals surface area contributed by atoms with Crippen molar-refractivity contribution in [1.82, 2.24) is 14.8 Å². The van der Waals surface area contributed by atoms with Gasteiger partial charge in [0.1, 0.15) is 0 Å². The van der Waals surface area contributed by atoms with Crippen molar-refractivity contribution in [1.29, 1.82) is 0 Å². The van der Waals surface area contributed by atoms with Crippen LogP contribution in [-0.4, -0.2) is 14.8 Å². The summed E-state index contributed by atoms with van der Waals surface area (Å²) in [5.74, 6) is 1.11. The summed E-state index contributed by atoms with van der Waals surface area (Å²) in [6, 6.07) is 3.36. The van der Waals surface area contributed by atoms with E-state index in [4.69, 9.17) is 10.5 Å². The molecule has 0 spiro atoms. The topological polar surface area (TPSA) is 66.0 Å². The molecule has 5 heteroatoms. The molecule has 0 saturated heterocycles. The Hall–Kier alpha value is -2.04. The third-order valence-electron chi connectivity index (χ3n) is 1.66. The summed E-state index contributed by atoms with van der Waals surface area (Å²) in [7, 11) is 1.82. The molecule has 2 N–H and O–H groups in total. The van der Waals surface area contributed by atoms with Crippen LogP contribution in [0.1, 0.15) is 0 Å². The Balaban J connectivity index is 2.18. The van der Waals surface area contributed by atoms with E-state index in [2.05, 4.69) is 10.1 Å². The Morgan fingerprint density at radius 3 is 3.00 bits per heavy atom. The SMILES string of the molecule is Cn1cc(Oc2cc(N)ccn2)cn1. The first-order chi connectivity index (χ1) is 6.74. The van der Waals surface area contributed by atoms with Gasteiger partial charge >= 0.3 is 0 Å². The van der Waals surface area contributed by atoms with Gasteiger partial charge in [-0.1, -0.05) is 0 Å². The lowest BCUT2D eigenvalue weighted by atomic mass is 10.4. The van der Waals surface area contributed by atoms with E-state index in [1.165, 1.54) is 0 Å². The third kappa shape index (κ3) is 1.82. The van der Waals surface area contributed by atoms with Crippen LogP contribution in [0.15, 0.2) is 30.7 Å². The van der Waals surface area contributed by atoms with Gasteiger partial charge in [-0.05, 0) is 6.07 Å². The van der Waals surface area contributed by atoms with E-state index in [0.717, 1.165) is 0 Å². The van der Waals surface area contributed by atoms with E-state index >= 15 is 0 Å². The fourth-order valence-corrected chi connectivity index (χ4v) is 1.05. The molecular formula is C9H10N4O. The molecule has 0 atom stereocenters. The Bertz CT molecular complexity index is 438. The molecule has 5 nitrogen and oxygen atoms in total. The smallest absolute Gasteiger partial charge is 0.221 e. The molecule has 0 aromatic carbocycles. The van der Waals surface area contributed by atoms with E-state index in [0.29, 0.717) is 17.3 Å². The first-order valence-electron chi connectivity index (χ1n) is 4.12. The second-order valence-electron chi connectivity index (χ2n) is 2.88. The molecule has 0 saturated carbocycles. The summed E-state index contributed by atoms with van der Waals surface area (Å²) in [6.45, 7) is 0. The molecule has 14 heavy (non-hydrogen) atoms. The zero-order valence-corrected chi connectivity index (χ0v) is 7.71. The van der Waals surface area contributed by atoms with Crippen molar-refractivity contribution >= 4 is 5.69 Å². The van der Waals surface area contributed by atoms with Crippen LogP contribution in [-0.2, 0) is 7.05 Å². The number of hydrogen-bond acceptors (Lipinski definition) is 4. The van der Waals surface area contributed by atoms with Gasteiger partial charge in [-0.25, -0.2) is 4.98 Å². The molecule has 0 radical (unpaired) electrons. The lowest BCUT2D eigenvalue weighted by Gasteiger charge is -2.00. The van der Waals surface area contributed by atoms with Crippen LogP contribution in [0.2, 0.25) is 0 Å². The molecule has 2 aromatic heterocycles. The van der Waals surface area contributed by atoms with Gasteiger partial charge in [0.2, 0.25) is 5.88 Å². The largest absolute Gasteiger partial charge is 0.436 e. The molecule has 0 aliphatic heterocycles. The van der Waals surface area contributed by atoms with Crippen LogP contribution in [0, 0.1) is 0 Å². The molecule has 2 heterocycles. The van der Waals surface area contributed by atoms with Crippen molar-refractivity contribution in [3.05, 3.63) is 30.7 Å². The number of aromatic nitrogens is 3. The van der Waals surface area contributed by atoms with Crippen LogP contribution in [0.4, 0.5) is 5.69 Å². The average Bonchev–Trinajstić information content (AvgIpc) is 2.51. The number of pyridine rings is 1. The second-order valence-corrected chi connectivity index (χ2v) is 2.88. The van der Waals surface area contributed by atoms with Crippen LogP contribution in [0.5, 0.6) is 11.6 Å². The number of nitrogens with zero attached hydrogens (tertiary/aromatic N) is 3. The lowest BCUT2D eigenvalue weighted by molar-refractivity contribution is 0.463. The van der Waals surface area contributed by atoms with Crippen LogP contribution in [0.25, 0.3) is 0 Å². The van der Waals surface area contributed by atoms with Crippen molar-refractivity contribution in [3.63, 3.8) is 0 Å². The third-order valence-corrected chi connectivity index (χ3v) is 1.66. The Kier molecular flexibility index (Phi) is 2.06. The highest BCUT2D eigenvalue weighted by molar-refractivity contribution is 5.40. The maximum absolute atomic E-state index is 5.58. The van der Waals surface area contributed by atoms with E-state index in [1.807, 2.05) is 7.05 Å². The summed E-state index contributed by atoms with van der Waals surface area (Å²) in [5.41, 5.74) is 6.20. The van der Waals surface area contributed by atoms with Gasteiger partial charge in [0.15, 0.2) is 5.75 Å². The van der Waals surface area contributed by atoms with Gasteiger partial charge in [-0.3, -0.25) is 4.68 Å². The first-order valence-corrected chi connectivity index (χ1v) is 4.12. The molecule has 0 bridgehead atoms. The highest BCUT2D eigenvalue weighted by Crippen LogP contribution is 2.19. The van der Waals surface area contributed by atoms with Gasteiger partial charge in [0.05, 0.1) is 12.4 Å². The van der Waals surface area contributed by atoms with Crippen molar-refractivity contribution in [2.24, 2.45) is 7.05 Å². The predicted octanol–water partition coefficient (Wildman–Crippen LogP) is 1.19. The van der Waals surface area contributed by atoms with Gasteiger partial charge in [0, 0.05) is 25.0 Å². The minimum Gasteiger partial charge on any atom is -0.436 e. The highest BCUT2D eigenvalue weighted by Gasteiger charge is 2.00. The van der Waals surface area contributed by atoms with E-state index in [9.17, 15) is 0 Å². The number of nitrogen functional groups attached to an aromatic ring is 1. The number of ether oxygens (including phenoxy) is 1. The monoisotopic (exact) mass is 190 g/mol. The number of hydrogen-bond donors (Lipinski definition) is 1. The molecule has 2 aromatic rings. The number of nitrogens with two attached hydrogens (primary N) is 1. The molecule has 72 valence electrons. The minimum atomic E-state index is 0.470. The zero-order valence-electron chi connectivity index (χ0n) is 7.71. The van der Waals surface area contributed by atoms with Crippen molar-refractivity contribution in [3.8, 4) is 11.6 Å². The lowest BCUT2D eigenvalue weighted by Crippen LogP contribution is -1.89. The highest BCUT2D eigenvalue weighted by atomic mass is 16.5. The van der Waals surface area contributed by atoms with Gasteiger partial charge < -0.3 is 10.5 Å². The van der Waals surface area contributed by atoms with E-state index in [1.54, 1.807) is 35.4 Å². The quantitative estimate of drug-likeness (QED) is 0.772. The predicted molar refractivity (Wildman–Crippen MR) is 51.9 cm³/mol. The average molecular weight is 190 g/mol. The molecule has 0 aliphatic carbocycles. The van der Waals surface area contributed by atoms with Gasteiger partial charge in [-0.15, -0.1) is 0 Å². The Morgan fingerprint density at radius 1 is 1.50 bits per heavy atom. The van der Waals surface area contributed by atoms with Crippen molar-refractivity contribution in [2.45, 2.75) is 0 Å².